The molecule has 4 nitrogen and oxygen atoms in total. The van der Waals surface area contributed by atoms with Crippen LogP contribution in [0.25, 0.3) is 0 Å². The topological polar surface area (TPSA) is 67.2 Å². The molecule has 11 heteroatoms. The average Bonchev–Trinajstić information content (AvgIpc) is 2.24. The fraction of sp³-hybridized carbons (Fsp3) is 0.222. The van der Waals surface area contributed by atoms with Crippen LogP contribution in [0.3, 0.4) is 0 Å². The van der Waals surface area contributed by atoms with Crippen molar-refractivity contribution in [2.75, 3.05) is 0 Å². The lowest BCUT2D eigenvalue weighted by Gasteiger charge is -2.14. The minimum Gasteiger partial charge on any atom is -0.433 e. The summed E-state index contributed by atoms with van der Waals surface area (Å²) in [6.07, 6.45) is -5.06. The molecule has 110 valence electrons. The molecule has 0 aliphatic heterocycles. The van der Waals surface area contributed by atoms with E-state index in [1.165, 1.54) is 0 Å². The number of alkyl halides is 5. The van der Waals surface area contributed by atoms with Gasteiger partial charge in [0, 0.05) is 10.7 Å². The van der Waals surface area contributed by atoms with Gasteiger partial charge in [-0.1, -0.05) is 0 Å². The quantitative estimate of drug-likeness (QED) is 0.629. The molecule has 1 aromatic carbocycles. The van der Waals surface area contributed by atoms with Gasteiger partial charge in [-0.2, -0.15) is 27.2 Å². The fourth-order valence-electron chi connectivity index (χ4n) is 1.34. The molecule has 0 aromatic heterocycles. The van der Waals surface area contributed by atoms with Crippen molar-refractivity contribution < 1.29 is 35.1 Å². The molecule has 0 saturated heterocycles. The van der Waals surface area contributed by atoms with Crippen LogP contribution >= 0.6 is 10.7 Å². The van der Waals surface area contributed by atoms with Crippen molar-refractivity contribution in [2.24, 2.45) is 0 Å². The first-order valence-electron chi connectivity index (χ1n) is 4.52. The van der Waals surface area contributed by atoms with Crippen LogP contribution in [0.2, 0.25) is 0 Å². The third-order valence-electron chi connectivity index (χ3n) is 2.00. The Balaban J connectivity index is 3.75. The Morgan fingerprint density at radius 3 is 2.20 bits per heavy atom. The number of nitrogens with zero attached hydrogens (tertiary/aromatic N) is 1. The summed E-state index contributed by atoms with van der Waals surface area (Å²) in [6, 6.07) is 1.59. The number of ether oxygens (including phenoxy) is 1. The van der Waals surface area contributed by atoms with E-state index >= 15 is 0 Å². The van der Waals surface area contributed by atoms with E-state index in [1.54, 1.807) is 0 Å². The van der Waals surface area contributed by atoms with Gasteiger partial charge in [0.15, 0.2) is 0 Å². The Hall–Kier alpha value is -1.60. The highest BCUT2D eigenvalue weighted by Crippen LogP contribution is 2.39. The second-order valence-corrected chi connectivity index (χ2v) is 5.74. The molecule has 0 saturated carbocycles. The number of benzene rings is 1. The van der Waals surface area contributed by atoms with Crippen LogP contribution in [0.1, 0.15) is 11.1 Å². The molecule has 0 N–H and O–H groups in total. The minimum absolute atomic E-state index is 0.252. The van der Waals surface area contributed by atoms with E-state index in [0.717, 1.165) is 6.07 Å². The number of nitriles is 1. The van der Waals surface area contributed by atoms with Crippen LogP contribution in [0.15, 0.2) is 17.0 Å². The molecule has 0 bridgehead atoms. The smallest absolute Gasteiger partial charge is 0.417 e. The maximum absolute atomic E-state index is 12.6. The maximum atomic E-state index is 12.6. The fourth-order valence-corrected chi connectivity index (χ4v) is 2.56. The Morgan fingerprint density at radius 1 is 1.30 bits per heavy atom. The molecular formula is C9H3ClF5NO3S. The van der Waals surface area contributed by atoms with Crippen molar-refractivity contribution in [2.45, 2.75) is 17.7 Å². The molecular weight excluding hydrogens is 333 g/mol. The van der Waals surface area contributed by atoms with Crippen molar-refractivity contribution in [1.82, 2.24) is 0 Å². The molecule has 1 rings (SSSR count). The van der Waals surface area contributed by atoms with Crippen molar-refractivity contribution in [3.8, 4) is 11.8 Å². The summed E-state index contributed by atoms with van der Waals surface area (Å²) in [7, 11) is -0.0312. The zero-order valence-electron chi connectivity index (χ0n) is 9.08. The van der Waals surface area contributed by atoms with Gasteiger partial charge in [0.25, 0.3) is 9.05 Å². The van der Waals surface area contributed by atoms with Gasteiger partial charge in [-0.05, 0) is 12.1 Å². The summed E-state index contributed by atoms with van der Waals surface area (Å²) in [4.78, 5) is -1.45. The van der Waals surface area contributed by atoms with Gasteiger partial charge in [-0.15, -0.1) is 0 Å². The van der Waals surface area contributed by atoms with Gasteiger partial charge < -0.3 is 4.74 Å². The lowest BCUT2D eigenvalue weighted by Crippen LogP contribution is -2.13. The number of halogens is 6. The molecule has 0 fully saturated rings. The van der Waals surface area contributed by atoms with Crippen molar-refractivity contribution in [3.63, 3.8) is 0 Å². The van der Waals surface area contributed by atoms with Gasteiger partial charge in [0.05, 0.1) is 11.1 Å². The molecule has 0 aliphatic carbocycles. The normalized spacial score (nSPS) is 12.3. The maximum Gasteiger partial charge on any atom is 0.417 e. The first-order chi connectivity index (χ1) is 8.98. The number of hydrogen-bond acceptors (Lipinski definition) is 4. The molecule has 0 spiro atoms. The molecule has 1 aromatic rings. The van der Waals surface area contributed by atoms with Crippen molar-refractivity contribution >= 4 is 19.7 Å². The first kappa shape index (κ1) is 16.5. The molecule has 0 radical (unpaired) electrons. The Morgan fingerprint density at radius 2 is 1.85 bits per heavy atom. The van der Waals surface area contributed by atoms with Crippen LogP contribution < -0.4 is 4.74 Å². The number of hydrogen-bond donors (Lipinski definition) is 0. The van der Waals surface area contributed by atoms with Crippen LogP contribution in [0, 0.1) is 11.3 Å². The van der Waals surface area contributed by atoms with E-state index in [-0.39, 0.29) is 6.07 Å². The van der Waals surface area contributed by atoms with Gasteiger partial charge in [-0.25, -0.2) is 8.42 Å². The third kappa shape index (κ3) is 3.49. The Kier molecular flexibility index (Phi) is 4.45. The van der Waals surface area contributed by atoms with Gasteiger partial charge >= 0.3 is 12.8 Å². The monoisotopic (exact) mass is 335 g/mol. The Labute approximate surface area is 113 Å². The van der Waals surface area contributed by atoms with Gasteiger partial charge in [-0.3, -0.25) is 0 Å². The SMILES string of the molecule is N#Cc1c(C(F)(F)F)ccc(OC(F)F)c1S(=O)(=O)Cl. The zero-order valence-corrected chi connectivity index (χ0v) is 10.7. The van der Waals surface area contributed by atoms with E-state index in [0.29, 0.717) is 6.07 Å². The zero-order chi connectivity index (χ0) is 15.7. The lowest BCUT2D eigenvalue weighted by molar-refractivity contribution is -0.138. The summed E-state index contributed by atoms with van der Waals surface area (Å²) in [5.41, 5.74) is -3.04. The summed E-state index contributed by atoms with van der Waals surface area (Å²) < 4.78 is 88.2. The first-order valence-corrected chi connectivity index (χ1v) is 6.83. The second kappa shape index (κ2) is 5.41. The molecule has 0 heterocycles. The summed E-state index contributed by atoms with van der Waals surface area (Å²) in [5.74, 6) is -1.14. The van der Waals surface area contributed by atoms with Crippen LogP contribution in [-0.4, -0.2) is 15.0 Å². The largest absolute Gasteiger partial charge is 0.433 e. The van der Waals surface area contributed by atoms with Crippen LogP contribution in [-0.2, 0) is 15.2 Å². The summed E-state index contributed by atoms with van der Waals surface area (Å²) in [6.45, 7) is -3.50. The number of rotatable bonds is 3. The predicted molar refractivity (Wildman–Crippen MR) is 55.8 cm³/mol. The van der Waals surface area contributed by atoms with Gasteiger partial charge in [0.1, 0.15) is 16.7 Å². The van der Waals surface area contributed by atoms with E-state index in [2.05, 4.69) is 4.74 Å². The lowest BCUT2D eigenvalue weighted by atomic mass is 10.1. The summed E-state index contributed by atoms with van der Waals surface area (Å²) in [5, 5.41) is 8.67. The van der Waals surface area contributed by atoms with Crippen molar-refractivity contribution in [3.05, 3.63) is 23.3 Å². The molecule has 0 unspecified atom stereocenters. The Bertz CT molecular complexity index is 665. The van der Waals surface area contributed by atoms with Crippen LogP contribution in [0.5, 0.6) is 5.75 Å². The molecule has 0 atom stereocenters. The molecule has 20 heavy (non-hydrogen) atoms. The third-order valence-corrected chi connectivity index (χ3v) is 3.35. The standard InChI is InChI=1S/C9H3ClF5NO3S/c10-20(17,18)7-4(3-16)5(9(13,14)15)1-2-6(7)19-8(11)12/h1-2,8H. The van der Waals surface area contributed by atoms with Crippen LogP contribution in [0.4, 0.5) is 22.0 Å². The predicted octanol–water partition coefficient (Wildman–Crippen LogP) is 3.11. The van der Waals surface area contributed by atoms with Gasteiger partial charge in [0.2, 0.25) is 0 Å². The highest BCUT2D eigenvalue weighted by atomic mass is 35.7. The highest BCUT2D eigenvalue weighted by molar-refractivity contribution is 8.13. The highest BCUT2D eigenvalue weighted by Gasteiger charge is 2.38. The molecule has 0 aliphatic rings. The minimum atomic E-state index is -5.06. The van der Waals surface area contributed by atoms with E-state index < -0.39 is 43.6 Å². The summed E-state index contributed by atoms with van der Waals surface area (Å²) >= 11 is 0. The van der Waals surface area contributed by atoms with E-state index in [4.69, 9.17) is 15.9 Å². The van der Waals surface area contributed by atoms with E-state index in [9.17, 15) is 30.4 Å². The average molecular weight is 336 g/mol. The van der Waals surface area contributed by atoms with Crippen molar-refractivity contribution in [1.29, 1.82) is 5.26 Å². The second-order valence-electron chi connectivity index (χ2n) is 3.24. The molecule has 0 amide bonds. The van der Waals surface area contributed by atoms with E-state index in [1.807, 2.05) is 0 Å².